The van der Waals surface area contributed by atoms with Crippen molar-refractivity contribution in [3.63, 3.8) is 0 Å². The van der Waals surface area contributed by atoms with Crippen molar-refractivity contribution in [3.05, 3.63) is 64.1 Å². The second-order valence-electron chi connectivity index (χ2n) is 8.20. The number of imidazole rings is 1. The van der Waals surface area contributed by atoms with Crippen LogP contribution >= 0.6 is 0 Å². The summed E-state index contributed by atoms with van der Waals surface area (Å²) in [5, 5.41) is 3.10. The quantitative estimate of drug-likeness (QED) is 0.663. The third-order valence-electron chi connectivity index (χ3n) is 6.12. The molecule has 0 radical (unpaired) electrons. The molecule has 1 saturated heterocycles. The normalized spacial score (nSPS) is 15.3. The van der Waals surface area contributed by atoms with E-state index in [1.165, 1.54) is 5.69 Å². The summed E-state index contributed by atoms with van der Waals surface area (Å²) in [5.74, 6) is 0.0202. The number of nitrogens with one attached hydrogen (secondary N) is 1. The van der Waals surface area contributed by atoms with E-state index in [-0.39, 0.29) is 17.6 Å². The Morgan fingerprint density at radius 1 is 1.03 bits per heavy atom. The van der Waals surface area contributed by atoms with Crippen LogP contribution in [0.25, 0.3) is 11.0 Å². The van der Waals surface area contributed by atoms with E-state index in [9.17, 15) is 9.59 Å². The van der Waals surface area contributed by atoms with Crippen molar-refractivity contribution >= 4 is 22.6 Å². The second kappa shape index (κ2) is 8.98. The number of carbonyl (C=O) groups excluding carboxylic acids is 1. The van der Waals surface area contributed by atoms with Crippen molar-refractivity contribution in [2.75, 3.05) is 31.2 Å². The van der Waals surface area contributed by atoms with E-state index < -0.39 is 0 Å². The first-order valence-electron chi connectivity index (χ1n) is 10.8. The molecular weight excluding hydrogens is 392 g/mol. The zero-order chi connectivity index (χ0) is 22.0. The number of rotatable bonds is 6. The summed E-state index contributed by atoms with van der Waals surface area (Å²) >= 11 is 0. The molecule has 2 heterocycles. The van der Waals surface area contributed by atoms with Crippen molar-refractivity contribution in [1.82, 2.24) is 14.5 Å². The Morgan fingerprint density at radius 2 is 1.71 bits per heavy atom. The highest BCUT2D eigenvalue weighted by Crippen LogP contribution is 2.20. The van der Waals surface area contributed by atoms with Gasteiger partial charge in [-0.3, -0.25) is 13.9 Å². The van der Waals surface area contributed by atoms with Gasteiger partial charge in [-0.05, 0) is 48.7 Å². The van der Waals surface area contributed by atoms with E-state index in [1.807, 2.05) is 25.1 Å². The number of amides is 1. The van der Waals surface area contributed by atoms with Crippen LogP contribution in [0.1, 0.15) is 30.5 Å². The predicted octanol–water partition coefficient (Wildman–Crippen LogP) is 2.52. The lowest BCUT2D eigenvalue weighted by atomic mass is 10.1. The molecule has 7 nitrogen and oxygen atoms in total. The molecule has 1 amide bonds. The number of aromatic nitrogens is 2. The van der Waals surface area contributed by atoms with Crippen molar-refractivity contribution in [3.8, 4) is 0 Å². The standard InChI is InChI=1S/C24H30N4O3/c1-17(19-6-8-20(9-7-19)28-12-14-31-15-13-28)25-23(29)11-5-18-4-10-21-22(16-18)27(3)24(30)26(21)2/h4,6-10,16-17H,5,11-15H2,1-3H3,(H,25,29)/t17-/m1/s1. The summed E-state index contributed by atoms with van der Waals surface area (Å²) in [6.45, 7) is 5.36. The van der Waals surface area contributed by atoms with Gasteiger partial charge in [0.15, 0.2) is 0 Å². The van der Waals surface area contributed by atoms with Gasteiger partial charge in [0.25, 0.3) is 0 Å². The number of aryl methyl sites for hydroxylation is 3. The highest BCUT2D eigenvalue weighted by atomic mass is 16.5. The first-order chi connectivity index (χ1) is 14.9. The fourth-order valence-corrected chi connectivity index (χ4v) is 4.16. The lowest BCUT2D eigenvalue weighted by Gasteiger charge is -2.29. The molecule has 1 aliphatic rings. The van der Waals surface area contributed by atoms with Gasteiger partial charge < -0.3 is 15.0 Å². The Morgan fingerprint density at radius 3 is 2.42 bits per heavy atom. The monoisotopic (exact) mass is 422 g/mol. The highest BCUT2D eigenvalue weighted by molar-refractivity contribution is 5.78. The summed E-state index contributed by atoms with van der Waals surface area (Å²) in [4.78, 5) is 26.9. The van der Waals surface area contributed by atoms with Crippen molar-refractivity contribution in [2.45, 2.75) is 25.8 Å². The zero-order valence-corrected chi connectivity index (χ0v) is 18.4. The molecule has 7 heteroatoms. The molecule has 3 aromatic rings. The van der Waals surface area contributed by atoms with Gasteiger partial charge in [0, 0.05) is 39.3 Å². The second-order valence-corrected chi connectivity index (χ2v) is 8.20. The van der Waals surface area contributed by atoms with Gasteiger partial charge in [0.2, 0.25) is 5.91 Å². The Balaban J connectivity index is 1.33. The topological polar surface area (TPSA) is 68.5 Å². The van der Waals surface area contributed by atoms with Crippen LogP contribution in [0.15, 0.2) is 47.3 Å². The average molecular weight is 423 g/mol. The molecule has 4 rings (SSSR count). The van der Waals surface area contributed by atoms with Crippen LogP contribution in [0.4, 0.5) is 5.69 Å². The predicted molar refractivity (Wildman–Crippen MR) is 123 cm³/mol. The molecule has 1 aliphatic heterocycles. The number of hydrogen-bond acceptors (Lipinski definition) is 4. The number of carbonyl (C=O) groups is 1. The summed E-state index contributed by atoms with van der Waals surface area (Å²) in [6.07, 6.45) is 1.04. The maximum Gasteiger partial charge on any atom is 0.328 e. The van der Waals surface area contributed by atoms with Crippen LogP contribution in [0, 0.1) is 0 Å². The SMILES string of the molecule is C[C@@H](NC(=O)CCc1ccc2c(c1)n(C)c(=O)n2C)c1ccc(N2CCOCC2)cc1. The minimum atomic E-state index is -0.0522. The lowest BCUT2D eigenvalue weighted by molar-refractivity contribution is -0.121. The van der Waals surface area contributed by atoms with Crippen LogP contribution in [0.5, 0.6) is 0 Å². The molecule has 1 fully saturated rings. The molecular formula is C24H30N4O3. The van der Waals surface area contributed by atoms with Gasteiger partial charge in [-0.2, -0.15) is 0 Å². The van der Waals surface area contributed by atoms with Gasteiger partial charge in [-0.1, -0.05) is 18.2 Å². The maximum atomic E-state index is 12.5. The molecule has 1 N–H and O–H groups in total. The number of benzene rings is 2. The molecule has 0 unspecified atom stereocenters. The van der Waals surface area contributed by atoms with Crippen molar-refractivity contribution in [1.29, 1.82) is 0 Å². The molecule has 164 valence electrons. The fraction of sp³-hybridized carbons (Fsp3) is 0.417. The van der Waals surface area contributed by atoms with Crippen LogP contribution in [0.3, 0.4) is 0 Å². The number of fused-ring (bicyclic) bond motifs is 1. The molecule has 0 bridgehead atoms. The smallest absolute Gasteiger partial charge is 0.328 e. The van der Waals surface area contributed by atoms with Gasteiger partial charge in [0.1, 0.15) is 0 Å². The third kappa shape index (κ3) is 4.51. The van der Waals surface area contributed by atoms with Crippen LogP contribution in [-0.2, 0) is 30.0 Å². The average Bonchev–Trinajstić information content (AvgIpc) is 3.02. The fourth-order valence-electron chi connectivity index (χ4n) is 4.16. The van der Waals surface area contributed by atoms with Crippen LogP contribution < -0.4 is 15.9 Å². The Kier molecular flexibility index (Phi) is 6.13. The molecule has 31 heavy (non-hydrogen) atoms. The van der Waals surface area contributed by atoms with Crippen molar-refractivity contribution in [2.24, 2.45) is 14.1 Å². The van der Waals surface area contributed by atoms with Gasteiger partial charge in [-0.25, -0.2) is 4.79 Å². The molecule has 0 spiro atoms. The van der Waals surface area contributed by atoms with E-state index in [0.29, 0.717) is 12.8 Å². The zero-order valence-electron chi connectivity index (χ0n) is 18.4. The Labute approximate surface area is 182 Å². The molecule has 2 aromatic carbocycles. The Hall–Kier alpha value is -3.06. The summed E-state index contributed by atoms with van der Waals surface area (Å²) < 4.78 is 8.69. The van der Waals surface area contributed by atoms with Gasteiger partial charge >= 0.3 is 5.69 Å². The van der Waals surface area contributed by atoms with Crippen molar-refractivity contribution < 1.29 is 9.53 Å². The number of ether oxygens (including phenoxy) is 1. The Bertz CT molecular complexity index is 1120. The largest absolute Gasteiger partial charge is 0.378 e. The number of nitrogens with zero attached hydrogens (tertiary/aromatic N) is 3. The minimum Gasteiger partial charge on any atom is -0.378 e. The summed E-state index contributed by atoms with van der Waals surface area (Å²) in [5.41, 5.74) is 5.07. The molecule has 1 aromatic heterocycles. The van der Waals surface area contributed by atoms with Gasteiger partial charge in [-0.15, -0.1) is 0 Å². The van der Waals surface area contributed by atoms with Crippen LogP contribution in [0.2, 0.25) is 0 Å². The maximum absolute atomic E-state index is 12.5. The first kappa shape index (κ1) is 21.2. The van der Waals surface area contributed by atoms with E-state index in [1.54, 1.807) is 23.2 Å². The van der Waals surface area contributed by atoms with E-state index in [2.05, 4.69) is 34.5 Å². The van der Waals surface area contributed by atoms with Gasteiger partial charge in [0.05, 0.1) is 30.3 Å². The summed E-state index contributed by atoms with van der Waals surface area (Å²) in [7, 11) is 3.54. The number of hydrogen-bond donors (Lipinski definition) is 1. The first-order valence-corrected chi connectivity index (χ1v) is 10.8. The minimum absolute atomic E-state index is 0.0202. The molecule has 0 aliphatic carbocycles. The number of anilines is 1. The lowest BCUT2D eigenvalue weighted by Crippen LogP contribution is -2.36. The van der Waals surface area contributed by atoms with Crippen LogP contribution in [-0.4, -0.2) is 41.3 Å². The van der Waals surface area contributed by atoms with E-state index in [0.717, 1.165) is 48.5 Å². The van der Waals surface area contributed by atoms with E-state index in [4.69, 9.17) is 4.74 Å². The molecule has 0 saturated carbocycles. The van der Waals surface area contributed by atoms with E-state index >= 15 is 0 Å². The molecule has 1 atom stereocenters. The number of morpholine rings is 1. The highest BCUT2D eigenvalue weighted by Gasteiger charge is 2.14. The summed E-state index contributed by atoms with van der Waals surface area (Å²) in [6, 6.07) is 14.3. The third-order valence-corrected chi connectivity index (χ3v) is 6.12.